The number of carboxylic acids is 1. The topological polar surface area (TPSA) is 110 Å². The van der Waals surface area contributed by atoms with Gasteiger partial charge in [0, 0.05) is 32.4 Å². The predicted octanol–water partition coefficient (Wildman–Crippen LogP) is 1.74. The van der Waals surface area contributed by atoms with Crippen molar-refractivity contribution in [3.05, 3.63) is 33.6 Å². The van der Waals surface area contributed by atoms with E-state index in [2.05, 4.69) is 5.32 Å². The lowest BCUT2D eigenvalue weighted by Crippen LogP contribution is -2.37. The van der Waals surface area contributed by atoms with Crippen LogP contribution in [-0.4, -0.2) is 55.0 Å². The molecule has 1 aliphatic carbocycles. The van der Waals surface area contributed by atoms with Crippen molar-refractivity contribution in [3.8, 4) is 0 Å². The van der Waals surface area contributed by atoms with Gasteiger partial charge in [-0.05, 0) is 19.9 Å². The number of ether oxygens (including phenoxy) is 1. The molecular formula is C19H23ClF2N4O4. The summed E-state index contributed by atoms with van der Waals surface area (Å²) in [5, 5.41) is 12.0. The minimum absolute atomic E-state index is 0. The lowest BCUT2D eigenvalue weighted by Gasteiger charge is -2.23. The molecule has 30 heavy (non-hydrogen) atoms. The van der Waals surface area contributed by atoms with E-state index in [1.54, 1.807) is 7.05 Å². The van der Waals surface area contributed by atoms with E-state index in [0.717, 1.165) is 6.20 Å². The fraction of sp³-hybridized carbons (Fsp3) is 0.474. The van der Waals surface area contributed by atoms with Crippen LogP contribution in [0.4, 0.5) is 20.2 Å². The van der Waals surface area contributed by atoms with E-state index in [0.29, 0.717) is 12.8 Å². The van der Waals surface area contributed by atoms with Crippen molar-refractivity contribution in [2.24, 2.45) is 0 Å². The molecule has 1 aromatic heterocycles. The molecule has 2 fully saturated rings. The molecule has 0 bridgehead atoms. The van der Waals surface area contributed by atoms with Crippen molar-refractivity contribution in [2.75, 3.05) is 37.9 Å². The number of aromatic nitrogens is 1. The van der Waals surface area contributed by atoms with Gasteiger partial charge in [-0.1, -0.05) is 0 Å². The summed E-state index contributed by atoms with van der Waals surface area (Å²) in [7, 11) is 3.26. The van der Waals surface area contributed by atoms with Crippen molar-refractivity contribution in [3.63, 3.8) is 0 Å². The Hall–Kier alpha value is -2.43. The van der Waals surface area contributed by atoms with Crippen molar-refractivity contribution in [2.45, 2.75) is 31.0 Å². The third kappa shape index (κ3) is 3.28. The fourth-order valence-electron chi connectivity index (χ4n) is 4.10. The van der Waals surface area contributed by atoms with Crippen molar-refractivity contribution < 1.29 is 23.4 Å². The van der Waals surface area contributed by atoms with E-state index in [4.69, 9.17) is 10.5 Å². The Morgan fingerprint density at radius 1 is 1.30 bits per heavy atom. The molecular weight excluding hydrogens is 422 g/mol. The summed E-state index contributed by atoms with van der Waals surface area (Å²) in [5.74, 6) is -3.45. The van der Waals surface area contributed by atoms with Crippen molar-refractivity contribution in [1.29, 1.82) is 0 Å². The quantitative estimate of drug-likeness (QED) is 0.602. The van der Waals surface area contributed by atoms with E-state index in [9.17, 15) is 14.7 Å². The number of nitrogens with two attached hydrogens (primary N) is 1. The van der Waals surface area contributed by atoms with Gasteiger partial charge in [-0.25, -0.2) is 13.6 Å². The Kier molecular flexibility index (Phi) is 5.94. The molecule has 2 heterocycles. The number of carbonyl (C=O) groups is 1. The number of rotatable bonds is 5. The first-order valence-electron chi connectivity index (χ1n) is 9.33. The lowest BCUT2D eigenvalue weighted by atomic mass is 10.1. The average molecular weight is 445 g/mol. The van der Waals surface area contributed by atoms with E-state index in [1.165, 1.54) is 16.6 Å². The zero-order chi connectivity index (χ0) is 21.0. The maximum absolute atomic E-state index is 15.7. The number of fused-ring (bicyclic) bond motifs is 1. The molecule has 2 atom stereocenters. The number of pyridine rings is 1. The number of halogens is 3. The molecule has 1 aromatic carbocycles. The number of likely N-dealkylation sites (N-methyl/N-ethyl adjacent to an activating group) is 1. The normalized spacial score (nSPS) is 21.1. The van der Waals surface area contributed by atoms with Crippen LogP contribution < -0.4 is 21.4 Å². The number of carboxylic acid groups (broad SMARTS) is 1. The van der Waals surface area contributed by atoms with Crippen molar-refractivity contribution in [1.82, 2.24) is 9.88 Å². The molecule has 2 aromatic rings. The van der Waals surface area contributed by atoms with Crippen LogP contribution in [0.5, 0.6) is 0 Å². The van der Waals surface area contributed by atoms with E-state index >= 15 is 8.78 Å². The fourth-order valence-corrected chi connectivity index (χ4v) is 4.10. The number of nitrogen functional groups attached to an aromatic ring is 1. The molecule has 0 spiro atoms. The maximum atomic E-state index is 15.7. The number of anilines is 2. The highest BCUT2D eigenvalue weighted by Crippen LogP contribution is 2.42. The molecule has 1 saturated carbocycles. The summed E-state index contributed by atoms with van der Waals surface area (Å²) in [6.07, 6.45) is 2.27. The van der Waals surface area contributed by atoms with Crippen LogP contribution >= 0.6 is 12.4 Å². The highest BCUT2D eigenvalue weighted by molar-refractivity contribution is 5.99. The summed E-state index contributed by atoms with van der Waals surface area (Å²) in [4.78, 5) is 25.7. The zero-order valence-corrected chi connectivity index (χ0v) is 17.3. The molecule has 4 N–H and O–H groups in total. The van der Waals surface area contributed by atoms with Gasteiger partial charge in [0.2, 0.25) is 5.43 Å². The number of hydrogen-bond acceptors (Lipinski definition) is 6. The van der Waals surface area contributed by atoms with Crippen LogP contribution in [0, 0.1) is 11.6 Å². The number of aromatic carboxylic acids is 1. The SMILES string of the molecule is CN[C@H]1CN(c2c(F)c(N)c3c(=O)c(C(=O)O)cn(C4CC4)c3c2F)C[C@H]1OC.Cl. The van der Waals surface area contributed by atoms with E-state index in [1.807, 2.05) is 0 Å². The molecule has 0 unspecified atom stereocenters. The molecule has 4 rings (SSSR count). The summed E-state index contributed by atoms with van der Waals surface area (Å²) >= 11 is 0. The Bertz CT molecular complexity index is 1060. The molecule has 164 valence electrons. The van der Waals surface area contributed by atoms with E-state index in [-0.39, 0.29) is 54.9 Å². The molecule has 2 aliphatic rings. The standard InChI is InChI=1S/C19H22F2N4O4.ClH/c1-23-10-6-24(7-11(10)29-2)17-13(20)15(22)12-16(14(17)21)25(8-3-4-8)5-9(18(12)26)19(27)28;/h5,8,10-11,23H,3-4,6-7,22H2,1-2H3,(H,27,28);1H/t10-,11+;/m0./s1. The number of nitrogens with one attached hydrogen (secondary N) is 1. The molecule has 11 heteroatoms. The third-order valence-electron chi connectivity index (χ3n) is 5.79. The second kappa shape index (κ2) is 8.01. The van der Waals surface area contributed by atoms with Crippen LogP contribution in [-0.2, 0) is 4.74 Å². The number of methoxy groups -OCH3 is 1. The largest absolute Gasteiger partial charge is 0.477 e. The second-order valence-corrected chi connectivity index (χ2v) is 7.50. The van der Waals surface area contributed by atoms with Gasteiger partial charge >= 0.3 is 5.97 Å². The summed E-state index contributed by atoms with van der Waals surface area (Å²) in [6.45, 7) is 0.524. The first-order chi connectivity index (χ1) is 13.8. The number of benzene rings is 1. The van der Waals surface area contributed by atoms with Gasteiger partial charge < -0.3 is 30.4 Å². The predicted molar refractivity (Wildman–Crippen MR) is 111 cm³/mol. The molecule has 8 nitrogen and oxygen atoms in total. The van der Waals surface area contributed by atoms with Gasteiger partial charge in [-0.15, -0.1) is 12.4 Å². The Balaban J connectivity index is 0.00000256. The molecule has 1 saturated heterocycles. The maximum Gasteiger partial charge on any atom is 0.341 e. The van der Waals surface area contributed by atoms with Gasteiger partial charge in [-0.2, -0.15) is 0 Å². The van der Waals surface area contributed by atoms with Crippen LogP contribution in [0.1, 0.15) is 29.2 Å². The summed E-state index contributed by atoms with van der Waals surface area (Å²) < 4.78 is 37.7. The minimum atomic E-state index is -1.46. The van der Waals surface area contributed by atoms with Gasteiger partial charge in [0.15, 0.2) is 11.6 Å². The van der Waals surface area contributed by atoms with Gasteiger partial charge in [0.1, 0.15) is 11.3 Å². The van der Waals surface area contributed by atoms with E-state index < -0.39 is 39.7 Å². The smallest absolute Gasteiger partial charge is 0.341 e. The Morgan fingerprint density at radius 2 is 1.97 bits per heavy atom. The van der Waals surface area contributed by atoms with Gasteiger partial charge in [0.25, 0.3) is 0 Å². The number of hydrogen-bond donors (Lipinski definition) is 3. The molecule has 1 aliphatic heterocycles. The Morgan fingerprint density at radius 3 is 2.47 bits per heavy atom. The first kappa shape index (κ1) is 22.3. The Labute approximate surface area is 177 Å². The van der Waals surface area contributed by atoms with Crippen LogP contribution in [0.3, 0.4) is 0 Å². The highest BCUT2D eigenvalue weighted by Gasteiger charge is 2.37. The summed E-state index contributed by atoms with van der Waals surface area (Å²) in [6, 6.07) is -0.297. The highest BCUT2D eigenvalue weighted by atomic mass is 35.5. The average Bonchev–Trinajstić information content (AvgIpc) is 3.45. The van der Waals surface area contributed by atoms with Crippen LogP contribution in [0.15, 0.2) is 11.0 Å². The minimum Gasteiger partial charge on any atom is -0.477 e. The lowest BCUT2D eigenvalue weighted by molar-refractivity contribution is 0.0694. The second-order valence-electron chi connectivity index (χ2n) is 7.50. The van der Waals surface area contributed by atoms with Crippen molar-refractivity contribution >= 4 is 40.7 Å². The van der Waals surface area contributed by atoms with Crippen LogP contribution in [0.2, 0.25) is 0 Å². The van der Waals surface area contributed by atoms with Gasteiger partial charge in [-0.3, -0.25) is 4.79 Å². The first-order valence-corrected chi connectivity index (χ1v) is 9.33. The van der Waals surface area contributed by atoms with Gasteiger partial charge in [0.05, 0.1) is 28.7 Å². The zero-order valence-electron chi connectivity index (χ0n) is 16.4. The molecule has 0 amide bonds. The third-order valence-corrected chi connectivity index (χ3v) is 5.79. The number of nitrogens with zero attached hydrogens (tertiary/aromatic N) is 2. The summed E-state index contributed by atoms with van der Waals surface area (Å²) in [5.41, 5.74) is 3.36. The monoisotopic (exact) mass is 444 g/mol. The molecule has 0 radical (unpaired) electrons. The van der Waals surface area contributed by atoms with Crippen LogP contribution in [0.25, 0.3) is 10.9 Å².